The van der Waals surface area contributed by atoms with Crippen LogP contribution in [0.3, 0.4) is 0 Å². The molecule has 23 heavy (non-hydrogen) atoms. The van der Waals surface area contributed by atoms with Crippen molar-refractivity contribution in [1.82, 2.24) is 0 Å². The summed E-state index contributed by atoms with van der Waals surface area (Å²) in [4.78, 5) is 12.2. The van der Waals surface area contributed by atoms with Crippen molar-refractivity contribution >= 4 is 11.6 Å². The van der Waals surface area contributed by atoms with E-state index in [1.165, 1.54) is 19.3 Å². The van der Waals surface area contributed by atoms with Gasteiger partial charge in [0.1, 0.15) is 5.75 Å². The Balaban J connectivity index is 1.85. The fraction of sp³-hybridized carbons (Fsp3) is 0.350. The third kappa shape index (κ3) is 5.78. The molecule has 0 saturated heterocycles. The van der Waals surface area contributed by atoms with Gasteiger partial charge in [0.15, 0.2) is 0 Å². The van der Waals surface area contributed by atoms with Crippen LogP contribution in [0.15, 0.2) is 48.5 Å². The molecular formula is C20H25NO2. The van der Waals surface area contributed by atoms with Crippen LogP contribution < -0.4 is 10.1 Å². The first-order valence-corrected chi connectivity index (χ1v) is 8.30. The van der Waals surface area contributed by atoms with E-state index >= 15 is 0 Å². The Morgan fingerprint density at radius 2 is 1.83 bits per heavy atom. The Kier molecular flexibility index (Phi) is 6.67. The number of benzene rings is 2. The van der Waals surface area contributed by atoms with Crippen molar-refractivity contribution in [3.05, 3.63) is 59.7 Å². The fourth-order valence-electron chi connectivity index (χ4n) is 2.35. The minimum atomic E-state index is -0.106. The Labute approximate surface area is 138 Å². The van der Waals surface area contributed by atoms with Crippen molar-refractivity contribution in [2.24, 2.45) is 0 Å². The van der Waals surface area contributed by atoms with Crippen LogP contribution in [0.2, 0.25) is 0 Å². The second kappa shape index (κ2) is 8.99. The second-order valence-corrected chi connectivity index (χ2v) is 5.76. The van der Waals surface area contributed by atoms with Gasteiger partial charge in [-0.05, 0) is 55.3 Å². The summed E-state index contributed by atoms with van der Waals surface area (Å²) < 4.78 is 5.69. The Hall–Kier alpha value is -2.29. The molecule has 0 heterocycles. The summed E-state index contributed by atoms with van der Waals surface area (Å²) in [6.45, 7) is 4.93. The number of anilines is 1. The van der Waals surface area contributed by atoms with Crippen LogP contribution in [-0.2, 0) is 0 Å². The summed E-state index contributed by atoms with van der Waals surface area (Å²) in [5.74, 6) is 0.707. The lowest BCUT2D eigenvalue weighted by Crippen LogP contribution is -2.11. The molecule has 0 fully saturated rings. The van der Waals surface area contributed by atoms with Gasteiger partial charge < -0.3 is 10.1 Å². The Morgan fingerprint density at radius 3 is 2.52 bits per heavy atom. The van der Waals surface area contributed by atoms with Gasteiger partial charge >= 0.3 is 0 Å². The summed E-state index contributed by atoms with van der Waals surface area (Å²) in [5, 5.41) is 2.91. The molecule has 0 aromatic heterocycles. The molecule has 0 saturated carbocycles. The van der Waals surface area contributed by atoms with E-state index in [4.69, 9.17) is 4.74 Å². The molecule has 0 spiro atoms. The summed E-state index contributed by atoms with van der Waals surface area (Å²) in [6, 6.07) is 15.1. The molecule has 1 N–H and O–H groups in total. The highest BCUT2D eigenvalue weighted by Gasteiger charge is 2.06. The van der Waals surface area contributed by atoms with Crippen molar-refractivity contribution in [3.8, 4) is 5.75 Å². The number of carbonyl (C=O) groups is 1. The van der Waals surface area contributed by atoms with Crippen molar-refractivity contribution in [1.29, 1.82) is 0 Å². The molecule has 0 radical (unpaired) electrons. The first-order valence-electron chi connectivity index (χ1n) is 8.30. The molecular weight excluding hydrogens is 286 g/mol. The van der Waals surface area contributed by atoms with Crippen LogP contribution >= 0.6 is 0 Å². The van der Waals surface area contributed by atoms with Gasteiger partial charge in [-0.3, -0.25) is 4.79 Å². The SMILES string of the molecule is CCCCCCOc1ccc(C(=O)Nc2cccc(C)c2)cc1. The van der Waals surface area contributed by atoms with E-state index in [2.05, 4.69) is 12.2 Å². The summed E-state index contributed by atoms with van der Waals surface area (Å²) >= 11 is 0. The van der Waals surface area contributed by atoms with E-state index in [0.29, 0.717) is 5.56 Å². The van der Waals surface area contributed by atoms with Crippen molar-refractivity contribution in [2.75, 3.05) is 11.9 Å². The normalized spacial score (nSPS) is 10.3. The van der Waals surface area contributed by atoms with Crippen LogP contribution in [0, 0.1) is 6.92 Å². The zero-order chi connectivity index (χ0) is 16.5. The first kappa shape index (κ1) is 17.1. The number of unbranched alkanes of at least 4 members (excludes halogenated alkanes) is 3. The molecule has 3 nitrogen and oxygen atoms in total. The number of ether oxygens (including phenoxy) is 1. The van der Waals surface area contributed by atoms with Gasteiger partial charge in [0.05, 0.1) is 6.61 Å². The molecule has 122 valence electrons. The van der Waals surface area contributed by atoms with Gasteiger partial charge in [-0.15, -0.1) is 0 Å². The average Bonchev–Trinajstić information content (AvgIpc) is 2.55. The van der Waals surface area contributed by atoms with Crippen LogP contribution in [0.4, 0.5) is 5.69 Å². The maximum absolute atomic E-state index is 12.2. The minimum absolute atomic E-state index is 0.106. The number of amides is 1. The van der Waals surface area contributed by atoms with Crippen LogP contribution in [0.5, 0.6) is 5.75 Å². The topological polar surface area (TPSA) is 38.3 Å². The monoisotopic (exact) mass is 311 g/mol. The smallest absolute Gasteiger partial charge is 0.255 e. The van der Waals surface area contributed by atoms with E-state index in [0.717, 1.165) is 30.0 Å². The lowest BCUT2D eigenvalue weighted by molar-refractivity contribution is 0.102. The fourth-order valence-corrected chi connectivity index (χ4v) is 2.35. The molecule has 1 amide bonds. The highest BCUT2D eigenvalue weighted by atomic mass is 16.5. The molecule has 0 aliphatic carbocycles. The quantitative estimate of drug-likeness (QED) is 0.680. The van der Waals surface area contributed by atoms with E-state index in [9.17, 15) is 4.79 Å². The zero-order valence-corrected chi connectivity index (χ0v) is 14.0. The maximum Gasteiger partial charge on any atom is 0.255 e. The van der Waals surface area contributed by atoms with Gasteiger partial charge in [0.2, 0.25) is 0 Å². The van der Waals surface area contributed by atoms with Crippen molar-refractivity contribution < 1.29 is 9.53 Å². The zero-order valence-electron chi connectivity index (χ0n) is 14.0. The molecule has 0 bridgehead atoms. The molecule has 0 atom stereocenters. The number of aryl methyl sites for hydroxylation is 1. The first-order chi connectivity index (χ1) is 11.2. The summed E-state index contributed by atoms with van der Waals surface area (Å²) in [6.07, 6.45) is 4.75. The summed E-state index contributed by atoms with van der Waals surface area (Å²) in [5.41, 5.74) is 2.56. The van der Waals surface area contributed by atoms with E-state index in [1.54, 1.807) is 12.1 Å². The minimum Gasteiger partial charge on any atom is -0.494 e. The average molecular weight is 311 g/mol. The largest absolute Gasteiger partial charge is 0.494 e. The summed E-state index contributed by atoms with van der Waals surface area (Å²) in [7, 11) is 0. The number of hydrogen-bond donors (Lipinski definition) is 1. The molecule has 2 aromatic rings. The lowest BCUT2D eigenvalue weighted by atomic mass is 10.2. The predicted octanol–water partition coefficient (Wildman–Crippen LogP) is 5.21. The molecule has 0 aliphatic heterocycles. The van der Waals surface area contributed by atoms with E-state index < -0.39 is 0 Å². The molecule has 0 aliphatic rings. The third-order valence-corrected chi connectivity index (χ3v) is 3.66. The van der Waals surface area contributed by atoms with Crippen molar-refractivity contribution in [3.63, 3.8) is 0 Å². The number of nitrogens with one attached hydrogen (secondary N) is 1. The van der Waals surface area contributed by atoms with Gasteiger partial charge in [0.25, 0.3) is 5.91 Å². The molecule has 3 heteroatoms. The molecule has 2 rings (SSSR count). The van der Waals surface area contributed by atoms with Crippen LogP contribution in [0.25, 0.3) is 0 Å². The van der Waals surface area contributed by atoms with Gasteiger partial charge in [-0.1, -0.05) is 38.3 Å². The highest BCUT2D eigenvalue weighted by molar-refractivity contribution is 6.04. The Morgan fingerprint density at radius 1 is 1.04 bits per heavy atom. The maximum atomic E-state index is 12.2. The number of hydrogen-bond acceptors (Lipinski definition) is 2. The standard InChI is InChI=1S/C20H25NO2/c1-3-4-5-6-14-23-19-12-10-17(11-13-19)20(22)21-18-9-7-8-16(2)15-18/h7-13,15H,3-6,14H2,1-2H3,(H,21,22). The van der Waals surface area contributed by atoms with Gasteiger partial charge in [0, 0.05) is 11.3 Å². The van der Waals surface area contributed by atoms with Gasteiger partial charge in [-0.2, -0.15) is 0 Å². The molecule has 0 unspecified atom stereocenters. The molecule has 2 aromatic carbocycles. The van der Waals surface area contributed by atoms with Gasteiger partial charge in [-0.25, -0.2) is 0 Å². The Bertz CT molecular complexity index is 620. The highest BCUT2D eigenvalue weighted by Crippen LogP contribution is 2.15. The lowest BCUT2D eigenvalue weighted by Gasteiger charge is -2.08. The second-order valence-electron chi connectivity index (χ2n) is 5.76. The van der Waals surface area contributed by atoms with Crippen LogP contribution in [-0.4, -0.2) is 12.5 Å². The number of carbonyl (C=O) groups excluding carboxylic acids is 1. The van der Waals surface area contributed by atoms with Crippen molar-refractivity contribution in [2.45, 2.75) is 39.5 Å². The number of rotatable bonds is 8. The van der Waals surface area contributed by atoms with E-state index in [-0.39, 0.29) is 5.91 Å². The van der Waals surface area contributed by atoms with E-state index in [1.807, 2.05) is 43.3 Å². The van der Waals surface area contributed by atoms with Crippen LogP contribution in [0.1, 0.15) is 48.5 Å². The third-order valence-electron chi connectivity index (χ3n) is 3.66. The predicted molar refractivity (Wildman–Crippen MR) is 95.2 cm³/mol.